The molecule has 2 aromatic carbocycles. The Labute approximate surface area is 153 Å². The van der Waals surface area contributed by atoms with Crippen LogP contribution >= 0.6 is 15.9 Å². The highest BCUT2D eigenvalue weighted by Crippen LogP contribution is 2.31. The van der Waals surface area contributed by atoms with Crippen molar-refractivity contribution in [3.63, 3.8) is 0 Å². The van der Waals surface area contributed by atoms with E-state index in [0.717, 1.165) is 37.5 Å². The average molecular weight is 394 g/mol. The summed E-state index contributed by atoms with van der Waals surface area (Å²) < 4.78 is 0.952. The Hall–Kier alpha value is -2.66. The summed E-state index contributed by atoms with van der Waals surface area (Å²) in [5, 5.41) is 1.99. The molecule has 25 heavy (non-hydrogen) atoms. The molecular formula is C20H16BrN3O. The van der Waals surface area contributed by atoms with Crippen LogP contribution in [0.3, 0.4) is 0 Å². The first-order valence-corrected chi connectivity index (χ1v) is 8.72. The van der Waals surface area contributed by atoms with Crippen molar-refractivity contribution in [1.29, 1.82) is 0 Å². The lowest BCUT2D eigenvalue weighted by atomic mass is 10.1. The quantitative estimate of drug-likeness (QED) is 0.529. The molecule has 0 unspecified atom stereocenters. The molecule has 5 heteroatoms. The molecule has 124 valence electrons. The fourth-order valence-corrected chi connectivity index (χ4v) is 3.43. The lowest BCUT2D eigenvalue weighted by molar-refractivity contribution is 0.0829. The number of fused-ring (bicyclic) bond motifs is 2. The number of aromatic nitrogens is 2. The Morgan fingerprint density at radius 1 is 1.12 bits per heavy atom. The minimum atomic E-state index is -0.00359. The highest BCUT2D eigenvalue weighted by molar-refractivity contribution is 9.10. The molecule has 0 fully saturated rings. The molecule has 0 bridgehead atoms. The van der Waals surface area contributed by atoms with Gasteiger partial charge in [-0.05, 0) is 40.2 Å². The second-order valence-electron chi connectivity index (χ2n) is 6.18. The molecule has 0 saturated carbocycles. The van der Waals surface area contributed by atoms with Gasteiger partial charge in [0, 0.05) is 57.9 Å². The Morgan fingerprint density at radius 2 is 1.92 bits per heavy atom. The summed E-state index contributed by atoms with van der Waals surface area (Å²) in [5.74, 6) is -0.00359. The SMILES string of the molecule is CN(C)C(=O)c1cccc2[nH]c(-c3cccc4cc(Br)cnc34)cc12. The number of halogens is 1. The van der Waals surface area contributed by atoms with E-state index in [2.05, 4.69) is 32.0 Å². The summed E-state index contributed by atoms with van der Waals surface area (Å²) in [6.45, 7) is 0. The van der Waals surface area contributed by atoms with Gasteiger partial charge >= 0.3 is 0 Å². The average Bonchev–Trinajstić information content (AvgIpc) is 3.04. The normalized spacial score (nSPS) is 11.2. The number of rotatable bonds is 2. The lowest BCUT2D eigenvalue weighted by Gasteiger charge is -2.10. The van der Waals surface area contributed by atoms with Crippen LogP contribution in [-0.4, -0.2) is 34.9 Å². The fourth-order valence-electron chi connectivity index (χ4n) is 3.08. The molecule has 4 rings (SSSR count). The number of carbonyl (C=O) groups is 1. The van der Waals surface area contributed by atoms with E-state index in [0.29, 0.717) is 5.56 Å². The van der Waals surface area contributed by atoms with Crippen LogP contribution in [0.1, 0.15) is 10.4 Å². The van der Waals surface area contributed by atoms with Gasteiger partial charge in [-0.25, -0.2) is 0 Å². The number of para-hydroxylation sites is 1. The minimum absolute atomic E-state index is 0.00359. The molecule has 4 aromatic rings. The van der Waals surface area contributed by atoms with Crippen LogP contribution in [0.2, 0.25) is 0 Å². The number of hydrogen-bond acceptors (Lipinski definition) is 2. The van der Waals surface area contributed by atoms with Crippen molar-refractivity contribution in [2.75, 3.05) is 14.1 Å². The molecule has 1 amide bonds. The third-order valence-corrected chi connectivity index (χ3v) is 4.70. The van der Waals surface area contributed by atoms with Crippen LogP contribution in [-0.2, 0) is 0 Å². The van der Waals surface area contributed by atoms with Crippen molar-refractivity contribution in [2.45, 2.75) is 0 Å². The topological polar surface area (TPSA) is 49.0 Å². The number of hydrogen-bond donors (Lipinski definition) is 1. The van der Waals surface area contributed by atoms with Crippen molar-refractivity contribution in [1.82, 2.24) is 14.9 Å². The molecule has 0 saturated heterocycles. The zero-order valence-electron chi connectivity index (χ0n) is 13.9. The van der Waals surface area contributed by atoms with Gasteiger partial charge in [-0.2, -0.15) is 0 Å². The van der Waals surface area contributed by atoms with Gasteiger partial charge in [0.1, 0.15) is 0 Å². The Morgan fingerprint density at radius 3 is 2.72 bits per heavy atom. The maximum absolute atomic E-state index is 12.4. The molecule has 0 aliphatic carbocycles. The second kappa shape index (κ2) is 6.01. The molecular weight excluding hydrogens is 378 g/mol. The first-order valence-electron chi connectivity index (χ1n) is 7.92. The Balaban J connectivity index is 1.94. The number of H-pyrrole nitrogens is 1. The van der Waals surface area contributed by atoms with Crippen LogP contribution in [0.4, 0.5) is 0 Å². The predicted molar refractivity (Wildman–Crippen MR) is 105 cm³/mol. The molecule has 2 aromatic heterocycles. The van der Waals surface area contributed by atoms with Gasteiger partial charge in [-0.1, -0.05) is 24.3 Å². The highest BCUT2D eigenvalue weighted by Gasteiger charge is 2.15. The van der Waals surface area contributed by atoms with E-state index in [1.807, 2.05) is 42.5 Å². The molecule has 0 aliphatic rings. The molecule has 2 heterocycles. The molecule has 0 radical (unpaired) electrons. The number of nitrogens with one attached hydrogen (secondary N) is 1. The van der Waals surface area contributed by atoms with Crippen LogP contribution in [0.15, 0.2) is 59.2 Å². The number of aromatic amines is 1. The van der Waals surface area contributed by atoms with Gasteiger partial charge < -0.3 is 9.88 Å². The number of pyridine rings is 1. The Bertz CT molecular complexity index is 1110. The summed E-state index contributed by atoms with van der Waals surface area (Å²) in [6.07, 6.45) is 1.80. The first kappa shape index (κ1) is 15.8. The number of carbonyl (C=O) groups excluding carboxylic acids is 1. The third kappa shape index (κ3) is 2.70. The molecule has 4 nitrogen and oxygen atoms in total. The van der Waals surface area contributed by atoms with Crippen molar-refractivity contribution in [2.24, 2.45) is 0 Å². The highest BCUT2D eigenvalue weighted by atomic mass is 79.9. The van der Waals surface area contributed by atoms with Gasteiger partial charge in [0.15, 0.2) is 0 Å². The monoisotopic (exact) mass is 393 g/mol. The van der Waals surface area contributed by atoms with Gasteiger partial charge in [0.2, 0.25) is 0 Å². The molecule has 1 N–H and O–H groups in total. The van der Waals surface area contributed by atoms with Crippen LogP contribution in [0.5, 0.6) is 0 Å². The van der Waals surface area contributed by atoms with Crippen molar-refractivity contribution >= 4 is 43.6 Å². The van der Waals surface area contributed by atoms with E-state index < -0.39 is 0 Å². The smallest absolute Gasteiger partial charge is 0.254 e. The maximum Gasteiger partial charge on any atom is 0.254 e. The zero-order chi connectivity index (χ0) is 17.6. The summed E-state index contributed by atoms with van der Waals surface area (Å²) in [6, 6.07) is 15.9. The van der Waals surface area contributed by atoms with Crippen molar-refractivity contribution in [3.05, 3.63) is 64.8 Å². The summed E-state index contributed by atoms with van der Waals surface area (Å²) >= 11 is 3.47. The van der Waals surface area contributed by atoms with E-state index in [1.165, 1.54) is 0 Å². The van der Waals surface area contributed by atoms with Crippen molar-refractivity contribution < 1.29 is 4.79 Å². The van der Waals surface area contributed by atoms with Gasteiger partial charge in [-0.3, -0.25) is 9.78 Å². The van der Waals surface area contributed by atoms with E-state index in [4.69, 9.17) is 0 Å². The number of amides is 1. The van der Waals surface area contributed by atoms with Gasteiger partial charge in [-0.15, -0.1) is 0 Å². The fraction of sp³-hybridized carbons (Fsp3) is 0.100. The van der Waals surface area contributed by atoms with E-state index in [9.17, 15) is 4.79 Å². The van der Waals surface area contributed by atoms with E-state index >= 15 is 0 Å². The van der Waals surface area contributed by atoms with Crippen LogP contribution in [0, 0.1) is 0 Å². The first-order chi connectivity index (χ1) is 12.0. The summed E-state index contributed by atoms with van der Waals surface area (Å²) in [5.41, 5.74) is 4.54. The van der Waals surface area contributed by atoms with E-state index in [-0.39, 0.29) is 5.91 Å². The standard InChI is InChI=1S/C20H16BrN3O/c1-24(2)20(25)14-6-4-8-17-16(14)10-18(23-17)15-7-3-5-12-9-13(21)11-22-19(12)15/h3-11,23H,1-2H3. The van der Waals surface area contributed by atoms with Crippen LogP contribution < -0.4 is 0 Å². The maximum atomic E-state index is 12.4. The van der Waals surface area contributed by atoms with Gasteiger partial charge in [0.25, 0.3) is 5.91 Å². The third-order valence-electron chi connectivity index (χ3n) is 4.27. The van der Waals surface area contributed by atoms with E-state index in [1.54, 1.807) is 25.2 Å². The molecule has 0 spiro atoms. The minimum Gasteiger partial charge on any atom is -0.354 e. The number of nitrogens with zero attached hydrogens (tertiary/aromatic N) is 2. The Kier molecular flexibility index (Phi) is 3.81. The summed E-state index contributed by atoms with van der Waals surface area (Å²) in [7, 11) is 3.53. The lowest BCUT2D eigenvalue weighted by Crippen LogP contribution is -2.21. The summed E-state index contributed by atoms with van der Waals surface area (Å²) in [4.78, 5) is 22.0. The molecule has 0 aliphatic heterocycles. The van der Waals surface area contributed by atoms with Crippen molar-refractivity contribution in [3.8, 4) is 11.3 Å². The predicted octanol–water partition coefficient (Wildman–Crippen LogP) is 4.85. The second-order valence-corrected chi connectivity index (χ2v) is 7.10. The van der Waals surface area contributed by atoms with Gasteiger partial charge in [0.05, 0.1) is 5.52 Å². The largest absolute Gasteiger partial charge is 0.354 e. The number of benzene rings is 2. The van der Waals surface area contributed by atoms with Crippen LogP contribution in [0.25, 0.3) is 33.1 Å². The molecule has 0 atom stereocenters. The zero-order valence-corrected chi connectivity index (χ0v) is 15.5.